The van der Waals surface area contributed by atoms with Crippen LogP contribution in [-0.4, -0.2) is 6.79 Å². The summed E-state index contributed by atoms with van der Waals surface area (Å²) in [7, 11) is 0. The van der Waals surface area contributed by atoms with Gasteiger partial charge in [0.2, 0.25) is 6.79 Å². The van der Waals surface area contributed by atoms with E-state index in [1.165, 1.54) is 10.4 Å². The molecule has 94 valence electrons. The lowest BCUT2D eigenvalue weighted by Crippen LogP contribution is -2.11. The lowest BCUT2D eigenvalue weighted by molar-refractivity contribution is 0.174. The molecule has 1 aliphatic rings. The fourth-order valence-electron chi connectivity index (χ4n) is 1.83. The minimum Gasteiger partial charge on any atom is -0.454 e. The summed E-state index contributed by atoms with van der Waals surface area (Å²) in [6, 6.07) is 8.18. The molecule has 1 aliphatic heterocycles. The Morgan fingerprint density at radius 3 is 2.89 bits per heavy atom. The molecule has 2 aromatic rings. The fourth-order valence-corrected chi connectivity index (χ4v) is 3.25. The number of thiophene rings is 1. The van der Waals surface area contributed by atoms with Gasteiger partial charge >= 0.3 is 0 Å². The van der Waals surface area contributed by atoms with Gasteiger partial charge in [-0.3, -0.25) is 0 Å². The zero-order valence-electron chi connectivity index (χ0n) is 9.61. The molecular weight excluding hydrogens is 314 g/mol. The van der Waals surface area contributed by atoms with Crippen molar-refractivity contribution in [3.63, 3.8) is 0 Å². The first-order valence-electron chi connectivity index (χ1n) is 5.63. The van der Waals surface area contributed by atoms with Crippen molar-refractivity contribution in [1.82, 2.24) is 5.32 Å². The maximum atomic E-state index is 5.35. The van der Waals surface area contributed by atoms with E-state index in [0.29, 0.717) is 6.79 Å². The van der Waals surface area contributed by atoms with Gasteiger partial charge in [0.05, 0.1) is 0 Å². The first kappa shape index (κ1) is 12.0. The summed E-state index contributed by atoms with van der Waals surface area (Å²) in [6.07, 6.45) is 0. The Bertz CT molecular complexity index is 556. The Labute approximate surface area is 118 Å². The highest BCUT2D eigenvalue weighted by molar-refractivity contribution is 9.10. The predicted molar refractivity (Wildman–Crippen MR) is 75.1 cm³/mol. The van der Waals surface area contributed by atoms with Gasteiger partial charge in [0.15, 0.2) is 11.5 Å². The first-order valence-corrected chi connectivity index (χ1v) is 7.31. The quantitative estimate of drug-likeness (QED) is 0.932. The van der Waals surface area contributed by atoms with Crippen LogP contribution in [0.1, 0.15) is 10.4 Å². The van der Waals surface area contributed by atoms with Crippen molar-refractivity contribution in [2.75, 3.05) is 6.79 Å². The van der Waals surface area contributed by atoms with E-state index in [1.54, 1.807) is 11.3 Å². The minimum absolute atomic E-state index is 0.329. The lowest BCUT2D eigenvalue weighted by Gasteiger charge is -2.04. The molecule has 0 saturated heterocycles. The van der Waals surface area contributed by atoms with Crippen molar-refractivity contribution in [2.45, 2.75) is 13.1 Å². The van der Waals surface area contributed by atoms with Crippen molar-refractivity contribution >= 4 is 27.3 Å². The SMILES string of the molecule is Brc1csc(CNCc2ccc3c(c2)OCO3)c1. The predicted octanol–water partition coefficient (Wildman–Crippen LogP) is 3.53. The highest BCUT2D eigenvalue weighted by Crippen LogP contribution is 2.32. The summed E-state index contributed by atoms with van der Waals surface area (Å²) in [6.45, 7) is 2.03. The van der Waals surface area contributed by atoms with Crippen LogP contribution in [0.15, 0.2) is 34.1 Å². The molecule has 0 unspecified atom stereocenters. The summed E-state index contributed by atoms with van der Waals surface area (Å²) < 4.78 is 11.8. The Kier molecular flexibility index (Phi) is 3.54. The van der Waals surface area contributed by atoms with Gasteiger partial charge in [-0.15, -0.1) is 11.3 Å². The minimum atomic E-state index is 0.329. The number of nitrogens with one attached hydrogen (secondary N) is 1. The maximum absolute atomic E-state index is 5.35. The number of rotatable bonds is 4. The lowest BCUT2D eigenvalue weighted by atomic mass is 10.2. The number of hydrogen-bond donors (Lipinski definition) is 1. The molecular formula is C13H12BrNO2S. The van der Waals surface area contributed by atoms with Gasteiger partial charge in [-0.05, 0) is 39.7 Å². The number of benzene rings is 1. The third kappa shape index (κ3) is 2.68. The van der Waals surface area contributed by atoms with Gasteiger partial charge in [-0.1, -0.05) is 6.07 Å². The van der Waals surface area contributed by atoms with E-state index in [2.05, 4.69) is 38.8 Å². The first-order chi connectivity index (χ1) is 8.81. The van der Waals surface area contributed by atoms with Crippen molar-refractivity contribution in [3.05, 3.63) is 44.6 Å². The van der Waals surface area contributed by atoms with Crippen molar-refractivity contribution in [3.8, 4) is 11.5 Å². The Morgan fingerprint density at radius 2 is 2.06 bits per heavy atom. The second kappa shape index (κ2) is 5.30. The number of ether oxygens (including phenoxy) is 2. The van der Waals surface area contributed by atoms with Gasteiger partial charge in [-0.25, -0.2) is 0 Å². The van der Waals surface area contributed by atoms with E-state index in [-0.39, 0.29) is 0 Å². The molecule has 18 heavy (non-hydrogen) atoms. The number of hydrogen-bond acceptors (Lipinski definition) is 4. The molecule has 3 nitrogen and oxygen atoms in total. The van der Waals surface area contributed by atoms with E-state index in [0.717, 1.165) is 29.1 Å². The number of fused-ring (bicyclic) bond motifs is 1. The van der Waals surface area contributed by atoms with Crippen molar-refractivity contribution < 1.29 is 9.47 Å². The molecule has 3 rings (SSSR count). The molecule has 0 radical (unpaired) electrons. The smallest absolute Gasteiger partial charge is 0.231 e. The fraction of sp³-hybridized carbons (Fsp3) is 0.231. The van der Waals surface area contributed by atoms with Gasteiger partial charge in [0.1, 0.15) is 0 Å². The van der Waals surface area contributed by atoms with E-state index in [4.69, 9.17) is 9.47 Å². The van der Waals surface area contributed by atoms with Gasteiger partial charge in [-0.2, -0.15) is 0 Å². The normalized spacial score (nSPS) is 12.9. The maximum Gasteiger partial charge on any atom is 0.231 e. The van der Waals surface area contributed by atoms with E-state index in [1.807, 2.05) is 12.1 Å². The third-order valence-electron chi connectivity index (χ3n) is 2.69. The third-order valence-corrected chi connectivity index (χ3v) is 4.38. The molecule has 5 heteroatoms. The van der Waals surface area contributed by atoms with Crippen LogP contribution in [0, 0.1) is 0 Å². The average molecular weight is 326 g/mol. The van der Waals surface area contributed by atoms with Crippen molar-refractivity contribution in [1.29, 1.82) is 0 Å². The summed E-state index contributed by atoms with van der Waals surface area (Å²) in [5.41, 5.74) is 1.20. The second-order valence-corrected chi connectivity index (χ2v) is 5.93. The molecule has 0 bridgehead atoms. The van der Waals surface area contributed by atoms with Gasteiger partial charge < -0.3 is 14.8 Å². The molecule has 0 saturated carbocycles. The molecule has 1 N–H and O–H groups in total. The van der Waals surface area contributed by atoms with E-state index >= 15 is 0 Å². The highest BCUT2D eigenvalue weighted by atomic mass is 79.9. The summed E-state index contributed by atoms with van der Waals surface area (Å²) in [4.78, 5) is 1.32. The molecule has 0 fully saturated rings. The summed E-state index contributed by atoms with van der Waals surface area (Å²) in [5, 5.41) is 5.51. The Morgan fingerprint density at radius 1 is 1.17 bits per heavy atom. The largest absolute Gasteiger partial charge is 0.454 e. The van der Waals surface area contributed by atoms with Crippen LogP contribution < -0.4 is 14.8 Å². The average Bonchev–Trinajstić information content (AvgIpc) is 2.97. The van der Waals surface area contributed by atoms with Crippen LogP contribution in [0.3, 0.4) is 0 Å². The van der Waals surface area contributed by atoms with Crippen LogP contribution >= 0.6 is 27.3 Å². The summed E-state index contributed by atoms with van der Waals surface area (Å²) in [5.74, 6) is 1.68. The van der Waals surface area contributed by atoms with Gasteiger partial charge in [0.25, 0.3) is 0 Å². The zero-order valence-corrected chi connectivity index (χ0v) is 12.0. The zero-order chi connectivity index (χ0) is 12.4. The Balaban J connectivity index is 1.57. The molecule has 0 spiro atoms. The highest BCUT2D eigenvalue weighted by Gasteiger charge is 2.12. The number of halogens is 1. The summed E-state index contributed by atoms with van der Waals surface area (Å²) >= 11 is 5.21. The molecule has 2 heterocycles. The monoisotopic (exact) mass is 325 g/mol. The molecule has 1 aromatic carbocycles. The van der Waals surface area contributed by atoms with Crippen molar-refractivity contribution in [2.24, 2.45) is 0 Å². The van der Waals surface area contributed by atoms with E-state index < -0.39 is 0 Å². The molecule has 0 aliphatic carbocycles. The standard InChI is InChI=1S/C13H12BrNO2S/c14-10-4-11(18-7-10)6-15-5-9-1-2-12-13(3-9)17-8-16-12/h1-4,7,15H,5-6,8H2. The molecule has 1 aromatic heterocycles. The topological polar surface area (TPSA) is 30.5 Å². The van der Waals surface area contributed by atoms with E-state index in [9.17, 15) is 0 Å². The molecule has 0 amide bonds. The van der Waals surface area contributed by atoms with Crippen LogP contribution in [0.25, 0.3) is 0 Å². The Hall–Kier alpha value is -1.04. The van der Waals surface area contributed by atoms with Gasteiger partial charge in [0, 0.05) is 27.8 Å². The second-order valence-electron chi connectivity index (χ2n) is 4.02. The van der Waals surface area contributed by atoms with Crippen LogP contribution in [0.4, 0.5) is 0 Å². The van der Waals surface area contributed by atoms with Crippen LogP contribution in [-0.2, 0) is 13.1 Å². The van der Waals surface area contributed by atoms with Crippen LogP contribution in [0.2, 0.25) is 0 Å². The molecule has 0 atom stereocenters. The van der Waals surface area contributed by atoms with Crippen LogP contribution in [0.5, 0.6) is 11.5 Å².